The van der Waals surface area contributed by atoms with Crippen LogP contribution in [-0.4, -0.2) is 33.6 Å². The van der Waals surface area contributed by atoms with Crippen molar-refractivity contribution >= 4 is 11.6 Å². The number of nitriles is 1. The van der Waals surface area contributed by atoms with E-state index in [1.807, 2.05) is 0 Å². The Labute approximate surface area is 122 Å². The van der Waals surface area contributed by atoms with E-state index in [-0.39, 0.29) is 16.3 Å². The van der Waals surface area contributed by atoms with Gasteiger partial charge in [-0.1, -0.05) is 12.1 Å². The summed E-state index contributed by atoms with van der Waals surface area (Å²) < 4.78 is 52.1. The van der Waals surface area contributed by atoms with E-state index in [0.717, 1.165) is 12.1 Å². The normalized spacial score (nSPS) is 21.5. The van der Waals surface area contributed by atoms with Crippen LogP contribution in [0.3, 0.4) is 0 Å². The lowest BCUT2D eigenvalue weighted by atomic mass is 10.0. The second kappa shape index (κ2) is 5.38. The number of alkyl halides is 3. The Bertz CT molecular complexity index is 663. The molecule has 1 aromatic carbocycles. The SMILES string of the molecule is N#CCC(=O)N1N=C(c2ccc(F)cc2)C[C@@]1(O)C(F)(F)F. The molecule has 1 amide bonds. The maximum Gasteiger partial charge on any atom is 0.438 e. The fraction of sp³-hybridized carbons (Fsp3) is 0.308. The first-order chi connectivity index (χ1) is 10.2. The predicted octanol–water partition coefficient (Wildman–Crippen LogP) is 1.93. The molecule has 0 fully saturated rings. The molecule has 1 aromatic rings. The number of nitrogens with zero attached hydrogens (tertiary/aromatic N) is 3. The molecule has 0 bridgehead atoms. The Morgan fingerprint density at radius 3 is 2.50 bits per heavy atom. The van der Waals surface area contributed by atoms with Gasteiger partial charge in [0.2, 0.25) is 0 Å². The average molecular weight is 315 g/mol. The van der Waals surface area contributed by atoms with Crippen molar-refractivity contribution in [3.8, 4) is 6.07 Å². The largest absolute Gasteiger partial charge is 0.438 e. The molecule has 22 heavy (non-hydrogen) atoms. The fourth-order valence-corrected chi connectivity index (χ4v) is 1.97. The van der Waals surface area contributed by atoms with Crippen LogP contribution in [0.2, 0.25) is 0 Å². The maximum atomic E-state index is 13.1. The van der Waals surface area contributed by atoms with Crippen molar-refractivity contribution in [3.05, 3.63) is 35.6 Å². The van der Waals surface area contributed by atoms with Crippen molar-refractivity contribution in [3.63, 3.8) is 0 Å². The molecule has 0 radical (unpaired) electrons. The monoisotopic (exact) mass is 315 g/mol. The van der Waals surface area contributed by atoms with Crippen LogP contribution in [0.4, 0.5) is 17.6 Å². The smallest absolute Gasteiger partial charge is 0.362 e. The minimum Gasteiger partial charge on any atom is -0.362 e. The molecular weight excluding hydrogens is 306 g/mol. The van der Waals surface area contributed by atoms with Crippen LogP contribution in [-0.2, 0) is 4.79 Å². The van der Waals surface area contributed by atoms with Crippen molar-refractivity contribution < 1.29 is 27.5 Å². The van der Waals surface area contributed by atoms with Crippen molar-refractivity contribution in [2.45, 2.75) is 24.7 Å². The van der Waals surface area contributed by atoms with Crippen LogP contribution in [0.5, 0.6) is 0 Å². The molecule has 0 unspecified atom stereocenters. The zero-order chi connectivity index (χ0) is 16.5. The molecule has 116 valence electrons. The number of hydrogen-bond acceptors (Lipinski definition) is 4. The third-order valence-corrected chi connectivity index (χ3v) is 3.08. The molecule has 1 N–H and O–H groups in total. The lowest BCUT2D eigenvalue weighted by molar-refractivity contribution is -0.302. The van der Waals surface area contributed by atoms with Crippen LogP contribution in [0.25, 0.3) is 0 Å². The Hall–Kier alpha value is -2.47. The van der Waals surface area contributed by atoms with Crippen LogP contribution >= 0.6 is 0 Å². The van der Waals surface area contributed by atoms with Gasteiger partial charge in [0.05, 0.1) is 18.2 Å². The third-order valence-electron chi connectivity index (χ3n) is 3.08. The first-order valence-electron chi connectivity index (χ1n) is 6.01. The number of halogens is 4. The lowest BCUT2D eigenvalue weighted by Gasteiger charge is -2.32. The third kappa shape index (κ3) is 2.65. The van der Waals surface area contributed by atoms with Gasteiger partial charge < -0.3 is 5.11 Å². The summed E-state index contributed by atoms with van der Waals surface area (Å²) >= 11 is 0. The highest BCUT2D eigenvalue weighted by Gasteiger charge is 2.63. The molecule has 1 atom stereocenters. The highest BCUT2D eigenvalue weighted by atomic mass is 19.4. The minimum absolute atomic E-state index is 0.130. The summed E-state index contributed by atoms with van der Waals surface area (Å²) in [5.41, 5.74) is -3.62. The second-order valence-corrected chi connectivity index (χ2v) is 4.59. The standard InChI is InChI=1S/C13H9F4N3O2/c14-9-3-1-8(2-4-9)10-7-12(22,13(15,16)17)20(19-10)11(21)5-6-18/h1-4,22H,5,7H2/t12-/m1/s1. The molecule has 0 saturated heterocycles. The maximum absolute atomic E-state index is 13.1. The van der Waals surface area contributed by atoms with Gasteiger partial charge in [0.25, 0.3) is 11.6 Å². The van der Waals surface area contributed by atoms with Crippen LogP contribution < -0.4 is 0 Å². The molecule has 0 saturated carbocycles. The van der Waals surface area contributed by atoms with Crippen molar-refractivity contribution in [2.75, 3.05) is 0 Å². The highest BCUT2D eigenvalue weighted by molar-refractivity contribution is 6.03. The summed E-state index contributed by atoms with van der Waals surface area (Å²) in [5, 5.41) is 21.6. The number of aliphatic hydroxyl groups is 1. The predicted molar refractivity (Wildman–Crippen MR) is 65.6 cm³/mol. The number of hydrazone groups is 1. The van der Waals surface area contributed by atoms with E-state index in [9.17, 15) is 27.5 Å². The zero-order valence-electron chi connectivity index (χ0n) is 10.9. The van der Waals surface area contributed by atoms with E-state index in [2.05, 4.69) is 5.10 Å². The van der Waals surface area contributed by atoms with E-state index < -0.39 is 36.5 Å². The van der Waals surface area contributed by atoms with Gasteiger partial charge in [0.15, 0.2) is 0 Å². The summed E-state index contributed by atoms with van der Waals surface area (Å²) in [6, 6.07) is 5.81. The van der Waals surface area contributed by atoms with Crippen molar-refractivity contribution in [1.82, 2.24) is 5.01 Å². The van der Waals surface area contributed by atoms with E-state index >= 15 is 0 Å². The van der Waals surface area contributed by atoms with E-state index in [1.54, 1.807) is 0 Å². The molecule has 5 nitrogen and oxygen atoms in total. The number of amides is 1. The molecular formula is C13H9F4N3O2. The van der Waals surface area contributed by atoms with Crippen LogP contribution in [0.15, 0.2) is 29.4 Å². The summed E-state index contributed by atoms with van der Waals surface area (Å²) in [4.78, 5) is 11.6. The quantitative estimate of drug-likeness (QED) is 0.847. The molecule has 1 aliphatic heterocycles. The van der Waals surface area contributed by atoms with Gasteiger partial charge in [-0.25, -0.2) is 4.39 Å². The van der Waals surface area contributed by atoms with Crippen LogP contribution in [0, 0.1) is 17.1 Å². The zero-order valence-corrected chi connectivity index (χ0v) is 10.9. The first kappa shape index (κ1) is 15.9. The Balaban J connectivity index is 2.43. The molecule has 0 aliphatic carbocycles. The number of carbonyl (C=O) groups is 1. The first-order valence-corrected chi connectivity index (χ1v) is 6.01. The average Bonchev–Trinajstić information content (AvgIpc) is 2.79. The molecule has 2 rings (SSSR count). The summed E-state index contributed by atoms with van der Waals surface area (Å²) in [7, 11) is 0. The van der Waals surface area contributed by atoms with Gasteiger partial charge in [-0.15, -0.1) is 0 Å². The van der Waals surface area contributed by atoms with Gasteiger partial charge in [0.1, 0.15) is 12.2 Å². The van der Waals surface area contributed by atoms with Gasteiger partial charge in [0, 0.05) is 0 Å². The topological polar surface area (TPSA) is 76.7 Å². The van der Waals surface area contributed by atoms with E-state index in [1.165, 1.54) is 18.2 Å². The summed E-state index contributed by atoms with van der Waals surface area (Å²) in [6.45, 7) is 0. The number of hydrogen-bond donors (Lipinski definition) is 1. The Morgan fingerprint density at radius 1 is 1.41 bits per heavy atom. The van der Waals surface area contributed by atoms with Gasteiger partial charge in [-0.05, 0) is 17.7 Å². The minimum atomic E-state index is -5.16. The Morgan fingerprint density at radius 2 is 2.00 bits per heavy atom. The summed E-state index contributed by atoms with van der Waals surface area (Å²) in [6.07, 6.45) is -7.03. The van der Waals surface area contributed by atoms with Gasteiger partial charge in [-0.2, -0.15) is 28.5 Å². The van der Waals surface area contributed by atoms with Crippen molar-refractivity contribution in [2.24, 2.45) is 5.10 Å². The highest BCUT2D eigenvalue weighted by Crippen LogP contribution is 2.41. The fourth-order valence-electron chi connectivity index (χ4n) is 1.97. The Kier molecular flexibility index (Phi) is 3.89. The van der Waals surface area contributed by atoms with Gasteiger partial charge >= 0.3 is 6.18 Å². The van der Waals surface area contributed by atoms with E-state index in [4.69, 9.17) is 5.26 Å². The molecule has 0 aromatic heterocycles. The number of rotatable bonds is 2. The van der Waals surface area contributed by atoms with Crippen LogP contribution in [0.1, 0.15) is 18.4 Å². The molecule has 9 heteroatoms. The van der Waals surface area contributed by atoms with E-state index in [0.29, 0.717) is 0 Å². The molecule has 1 aliphatic rings. The molecule has 1 heterocycles. The van der Waals surface area contributed by atoms with Gasteiger partial charge in [-0.3, -0.25) is 4.79 Å². The number of benzene rings is 1. The summed E-state index contributed by atoms with van der Waals surface area (Å²) in [5.74, 6) is -1.87. The van der Waals surface area contributed by atoms with Crippen molar-refractivity contribution in [1.29, 1.82) is 5.26 Å². The molecule has 0 spiro atoms. The lowest BCUT2D eigenvalue weighted by Crippen LogP contribution is -2.56. The number of carbonyl (C=O) groups excluding carboxylic acids is 1. The second-order valence-electron chi connectivity index (χ2n) is 4.59.